The van der Waals surface area contributed by atoms with Gasteiger partial charge in [0.25, 0.3) is 0 Å². The van der Waals surface area contributed by atoms with Gasteiger partial charge in [-0.25, -0.2) is 0 Å². The van der Waals surface area contributed by atoms with Crippen LogP contribution in [0.2, 0.25) is 0 Å². The third kappa shape index (κ3) is 2.70. The Morgan fingerprint density at radius 3 is 3.12 bits per heavy atom. The maximum Gasteiger partial charge on any atom is 0.0719 e. The first-order valence-electron chi connectivity index (χ1n) is 6.83. The summed E-state index contributed by atoms with van der Waals surface area (Å²) in [5.74, 6) is 0. The van der Waals surface area contributed by atoms with Crippen LogP contribution in [0, 0.1) is 0 Å². The molecular formula is C15H21NO. The Bertz CT molecular complexity index is 383. The monoisotopic (exact) mass is 231 g/mol. The van der Waals surface area contributed by atoms with Crippen molar-refractivity contribution < 1.29 is 4.74 Å². The molecule has 17 heavy (non-hydrogen) atoms. The van der Waals surface area contributed by atoms with Crippen molar-refractivity contribution in [2.24, 2.45) is 0 Å². The van der Waals surface area contributed by atoms with Crippen molar-refractivity contribution in [1.29, 1.82) is 0 Å². The van der Waals surface area contributed by atoms with Crippen LogP contribution in [0.15, 0.2) is 18.2 Å². The van der Waals surface area contributed by atoms with Crippen molar-refractivity contribution in [1.82, 2.24) is 5.32 Å². The van der Waals surface area contributed by atoms with Crippen molar-refractivity contribution in [3.8, 4) is 0 Å². The molecule has 1 atom stereocenters. The zero-order chi connectivity index (χ0) is 11.5. The lowest BCUT2D eigenvalue weighted by molar-refractivity contribution is 0.110. The largest absolute Gasteiger partial charge is 0.376 e. The van der Waals surface area contributed by atoms with Gasteiger partial charge in [-0.2, -0.15) is 0 Å². The minimum Gasteiger partial charge on any atom is -0.376 e. The highest BCUT2D eigenvalue weighted by molar-refractivity contribution is 5.33. The summed E-state index contributed by atoms with van der Waals surface area (Å²) in [5, 5.41) is 3.62. The average molecular weight is 231 g/mol. The van der Waals surface area contributed by atoms with Gasteiger partial charge in [0, 0.05) is 6.04 Å². The number of rotatable bonds is 2. The molecule has 0 amide bonds. The predicted molar refractivity (Wildman–Crippen MR) is 69.1 cm³/mol. The van der Waals surface area contributed by atoms with Crippen LogP contribution in [-0.2, 0) is 24.2 Å². The first-order valence-corrected chi connectivity index (χ1v) is 6.83. The molecule has 0 spiro atoms. The molecule has 1 unspecified atom stereocenters. The van der Waals surface area contributed by atoms with E-state index in [2.05, 4.69) is 23.5 Å². The molecule has 2 nitrogen and oxygen atoms in total. The summed E-state index contributed by atoms with van der Waals surface area (Å²) >= 11 is 0. The lowest BCUT2D eigenvalue weighted by Crippen LogP contribution is -2.35. The van der Waals surface area contributed by atoms with Crippen LogP contribution in [-0.4, -0.2) is 19.2 Å². The second kappa shape index (κ2) is 5.19. The van der Waals surface area contributed by atoms with Crippen LogP contribution in [0.25, 0.3) is 0 Å². The maximum absolute atomic E-state index is 5.47. The van der Waals surface area contributed by atoms with Gasteiger partial charge in [0.1, 0.15) is 0 Å². The second-order valence-corrected chi connectivity index (χ2v) is 5.26. The molecule has 0 bridgehead atoms. The lowest BCUT2D eigenvalue weighted by atomic mass is 9.94. The molecule has 2 heteroatoms. The molecule has 0 aliphatic carbocycles. The number of nitrogens with one attached hydrogen (secondary N) is 1. The van der Waals surface area contributed by atoms with Crippen LogP contribution in [0.1, 0.15) is 36.0 Å². The number of benzene rings is 1. The van der Waals surface area contributed by atoms with Gasteiger partial charge >= 0.3 is 0 Å². The van der Waals surface area contributed by atoms with Crippen LogP contribution >= 0.6 is 0 Å². The summed E-state index contributed by atoms with van der Waals surface area (Å²) in [4.78, 5) is 0. The van der Waals surface area contributed by atoms with Gasteiger partial charge in [-0.3, -0.25) is 0 Å². The highest BCUT2D eigenvalue weighted by atomic mass is 16.5. The first kappa shape index (κ1) is 11.2. The molecule has 1 N–H and O–H groups in total. The van der Waals surface area contributed by atoms with E-state index in [1.54, 1.807) is 0 Å². The molecule has 0 saturated carbocycles. The third-order valence-corrected chi connectivity index (χ3v) is 3.94. The zero-order valence-corrected chi connectivity index (χ0v) is 10.4. The molecule has 2 aliphatic heterocycles. The van der Waals surface area contributed by atoms with E-state index in [9.17, 15) is 0 Å². The molecule has 3 rings (SSSR count). The normalized spacial score (nSPS) is 24.4. The van der Waals surface area contributed by atoms with E-state index in [-0.39, 0.29) is 0 Å². The van der Waals surface area contributed by atoms with Gasteiger partial charge in [-0.1, -0.05) is 24.6 Å². The summed E-state index contributed by atoms with van der Waals surface area (Å²) in [7, 11) is 0. The molecule has 92 valence electrons. The summed E-state index contributed by atoms with van der Waals surface area (Å²) in [6.07, 6.45) is 6.34. The smallest absolute Gasteiger partial charge is 0.0719 e. The standard InChI is InChI=1S/C15H21NO/c1-2-7-16-15(3-1)10-12-4-5-14-11-17-8-6-13(14)9-12/h4-5,9,15-16H,1-3,6-8,10-11H2. The number of hydrogen-bond donors (Lipinski definition) is 1. The van der Waals surface area contributed by atoms with Crippen LogP contribution in [0.5, 0.6) is 0 Å². The van der Waals surface area contributed by atoms with Gasteiger partial charge in [0.15, 0.2) is 0 Å². The molecule has 2 heterocycles. The van der Waals surface area contributed by atoms with E-state index in [0.29, 0.717) is 6.04 Å². The third-order valence-electron chi connectivity index (χ3n) is 3.94. The highest BCUT2D eigenvalue weighted by Gasteiger charge is 2.15. The van der Waals surface area contributed by atoms with Crippen molar-refractivity contribution in [2.75, 3.05) is 13.2 Å². The summed E-state index contributed by atoms with van der Waals surface area (Å²) in [6.45, 7) is 2.89. The summed E-state index contributed by atoms with van der Waals surface area (Å²) < 4.78 is 5.47. The van der Waals surface area contributed by atoms with Crippen molar-refractivity contribution in [2.45, 2.75) is 44.8 Å². The van der Waals surface area contributed by atoms with Gasteiger partial charge in [-0.05, 0) is 48.9 Å². The quantitative estimate of drug-likeness (QED) is 0.844. The van der Waals surface area contributed by atoms with Gasteiger partial charge in [0.05, 0.1) is 13.2 Å². The fraction of sp³-hybridized carbons (Fsp3) is 0.600. The maximum atomic E-state index is 5.47. The molecule has 2 aliphatic rings. The molecular weight excluding hydrogens is 210 g/mol. The van der Waals surface area contributed by atoms with E-state index in [1.807, 2.05) is 0 Å². The molecule has 1 fully saturated rings. The number of ether oxygens (including phenoxy) is 1. The summed E-state index contributed by atoms with van der Waals surface area (Å²) in [6, 6.07) is 7.63. The highest BCUT2D eigenvalue weighted by Crippen LogP contribution is 2.20. The number of fused-ring (bicyclic) bond motifs is 1. The zero-order valence-electron chi connectivity index (χ0n) is 10.4. The number of hydrogen-bond acceptors (Lipinski definition) is 2. The first-order chi connectivity index (χ1) is 8.42. The van der Waals surface area contributed by atoms with Crippen molar-refractivity contribution in [3.63, 3.8) is 0 Å². The second-order valence-electron chi connectivity index (χ2n) is 5.26. The van der Waals surface area contributed by atoms with Gasteiger partial charge in [-0.15, -0.1) is 0 Å². The van der Waals surface area contributed by atoms with Gasteiger partial charge in [0.2, 0.25) is 0 Å². The average Bonchev–Trinajstić information content (AvgIpc) is 2.40. The van der Waals surface area contributed by atoms with Crippen LogP contribution in [0.3, 0.4) is 0 Å². The fourth-order valence-corrected chi connectivity index (χ4v) is 2.93. The Kier molecular flexibility index (Phi) is 3.44. The van der Waals surface area contributed by atoms with E-state index >= 15 is 0 Å². The minimum atomic E-state index is 0.696. The fourth-order valence-electron chi connectivity index (χ4n) is 2.93. The van der Waals surface area contributed by atoms with Gasteiger partial charge < -0.3 is 10.1 Å². The SMILES string of the molecule is c1cc2c(cc1CC1CCCCN1)CCOC2. The Morgan fingerprint density at radius 1 is 1.24 bits per heavy atom. The summed E-state index contributed by atoms with van der Waals surface area (Å²) in [5.41, 5.74) is 4.38. The van der Waals surface area contributed by atoms with E-state index < -0.39 is 0 Å². The van der Waals surface area contributed by atoms with Crippen LogP contribution < -0.4 is 5.32 Å². The molecule has 1 aromatic rings. The topological polar surface area (TPSA) is 21.3 Å². The molecule has 1 saturated heterocycles. The van der Waals surface area contributed by atoms with Crippen molar-refractivity contribution >= 4 is 0 Å². The van der Waals surface area contributed by atoms with E-state index in [1.165, 1.54) is 48.9 Å². The Balaban J connectivity index is 1.70. The van der Waals surface area contributed by atoms with E-state index in [0.717, 1.165) is 19.6 Å². The van der Waals surface area contributed by atoms with Crippen molar-refractivity contribution in [3.05, 3.63) is 34.9 Å². The molecule has 0 radical (unpaired) electrons. The molecule has 0 aromatic heterocycles. The molecule has 1 aromatic carbocycles. The number of piperidine rings is 1. The Labute approximate surface area is 103 Å². The Morgan fingerprint density at radius 2 is 2.24 bits per heavy atom. The lowest BCUT2D eigenvalue weighted by Gasteiger charge is -2.24. The minimum absolute atomic E-state index is 0.696. The Hall–Kier alpha value is -0.860. The van der Waals surface area contributed by atoms with E-state index in [4.69, 9.17) is 4.74 Å². The van der Waals surface area contributed by atoms with Crippen LogP contribution in [0.4, 0.5) is 0 Å². The predicted octanol–water partition coefficient (Wildman–Crippen LogP) is 2.44.